The van der Waals surface area contributed by atoms with Crippen LogP contribution in [0.3, 0.4) is 0 Å². The molecule has 0 unspecified atom stereocenters. The Bertz CT molecular complexity index is 57.7. The molecule has 0 aromatic rings. The fraction of sp³-hybridized carbons (Fsp3) is 1.00. The van der Waals surface area contributed by atoms with Crippen LogP contribution in [0.1, 0.15) is 40.0 Å². The maximum absolute atomic E-state index is 2.48. The molecule has 0 aromatic heterocycles. The van der Waals surface area contributed by atoms with Crippen LogP contribution >= 0.6 is 0 Å². The highest BCUT2D eigenvalue weighted by molar-refractivity contribution is 4.57. The van der Waals surface area contributed by atoms with Gasteiger partial charge in [0, 0.05) is 6.42 Å². The van der Waals surface area contributed by atoms with Crippen LogP contribution in [-0.4, -0.2) is 19.6 Å². The molecule has 0 amide bonds. The molecule has 0 aliphatic rings. The van der Waals surface area contributed by atoms with E-state index in [1.807, 2.05) is 0 Å². The van der Waals surface area contributed by atoms with E-state index in [1.165, 1.54) is 38.9 Å². The molecule has 0 aliphatic carbocycles. The number of rotatable bonds is 6. The van der Waals surface area contributed by atoms with Crippen molar-refractivity contribution in [2.45, 2.75) is 40.0 Å². The van der Waals surface area contributed by atoms with Crippen LogP contribution in [0.5, 0.6) is 0 Å². The topological polar surface area (TPSA) is 5.90 Å². The number of hydrogen-bond acceptors (Lipinski definition) is 1. The van der Waals surface area contributed by atoms with Crippen LogP contribution in [0, 0.1) is 0 Å². The quantitative estimate of drug-likeness (QED) is 0.398. The van der Waals surface area contributed by atoms with Gasteiger partial charge in [-0.3, -0.25) is 0 Å². The molecular formula is C9H21N+. The molecule has 0 spiro atoms. The molecule has 0 heterocycles. The van der Waals surface area contributed by atoms with Gasteiger partial charge in [-0.25, -0.2) is 0 Å². The molecule has 1 radical (unpaired) electrons. The van der Waals surface area contributed by atoms with E-state index in [9.17, 15) is 0 Å². The second kappa shape index (κ2) is 7.07. The summed E-state index contributed by atoms with van der Waals surface area (Å²) in [4.78, 5) is 2.48. The molecule has 0 aliphatic heterocycles. The summed E-state index contributed by atoms with van der Waals surface area (Å²) in [5.41, 5.74) is 0. The van der Waals surface area contributed by atoms with E-state index in [0.717, 1.165) is 0 Å². The highest BCUT2D eigenvalue weighted by Gasteiger charge is 2.05. The molecule has 0 saturated carbocycles. The summed E-state index contributed by atoms with van der Waals surface area (Å²) >= 11 is 0. The first-order valence-electron chi connectivity index (χ1n) is 4.57. The Morgan fingerprint density at radius 2 is 1.50 bits per heavy atom. The molecular weight excluding hydrogens is 122 g/mol. The number of unbranched alkanes of at least 4 members (excludes halogenated alkanes) is 2. The zero-order chi connectivity index (χ0) is 7.82. The van der Waals surface area contributed by atoms with E-state index < -0.39 is 0 Å². The van der Waals surface area contributed by atoms with E-state index in [2.05, 4.69) is 25.7 Å². The third-order valence-electron chi connectivity index (χ3n) is 1.97. The Kier molecular flexibility index (Phi) is 7.04. The summed E-state index contributed by atoms with van der Waals surface area (Å²) < 4.78 is 0. The van der Waals surface area contributed by atoms with E-state index in [-0.39, 0.29) is 0 Å². The summed E-state index contributed by atoms with van der Waals surface area (Å²) in [5.74, 6) is 0. The van der Waals surface area contributed by atoms with Gasteiger partial charge in [0.25, 0.3) is 0 Å². The lowest BCUT2D eigenvalue weighted by atomic mass is 10.2. The van der Waals surface area contributed by atoms with E-state index in [1.54, 1.807) is 0 Å². The van der Waals surface area contributed by atoms with Crippen LogP contribution in [-0.2, 0) is 0 Å². The Morgan fingerprint density at radius 3 is 1.90 bits per heavy atom. The van der Waals surface area contributed by atoms with E-state index >= 15 is 0 Å². The fourth-order valence-electron chi connectivity index (χ4n) is 1.13. The van der Waals surface area contributed by atoms with Gasteiger partial charge in [-0.05, 0) is 20.3 Å². The number of nitrogens with zero attached hydrogens (tertiary/aromatic N) is 1. The second-order valence-electron chi connectivity index (χ2n) is 2.73. The minimum absolute atomic E-state index is 1.21. The summed E-state index contributed by atoms with van der Waals surface area (Å²) in [7, 11) is 0. The molecule has 0 bridgehead atoms. The van der Waals surface area contributed by atoms with Gasteiger partial charge in [-0.2, -0.15) is 4.90 Å². The summed E-state index contributed by atoms with van der Waals surface area (Å²) in [6, 6.07) is 0. The van der Waals surface area contributed by atoms with Crippen molar-refractivity contribution in [2.75, 3.05) is 19.6 Å². The molecule has 10 heavy (non-hydrogen) atoms. The van der Waals surface area contributed by atoms with Crippen molar-refractivity contribution < 1.29 is 0 Å². The van der Waals surface area contributed by atoms with Gasteiger partial charge in [-0.15, -0.1) is 0 Å². The Hall–Kier alpha value is -0.0400. The third-order valence-corrected chi connectivity index (χ3v) is 1.97. The minimum atomic E-state index is 1.21. The Balaban J connectivity index is 3.09. The zero-order valence-electron chi connectivity index (χ0n) is 7.69. The smallest absolute Gasteiger partial charge is 0.122 e. The van der Waals surface area contributed by atoms with Gasteiger partial charge in [0.05, 0.1) is 0 Å². The average Bonchev–Trinajstić information content (AvgIpc) is 1.99. The molecule has 0 fully saturated rings. The monoisotopic (exact) mass is 143 g/mol. The molecule has 0 saturated heterocycles. The molecule has 0 N–H and O–H groups in total. The highest BCUT2D eigenvalue weighted by Crippen LogP contribution is 1.94. The molecule has 0 aromatic carbocycles. The van der Waals surface area contributed by atoms with Crippen molar-refractivity contribution >= 4 is 0 Å². The van der Waals surface area contributed by atoms with Gasteiger partial charge in [0.15, 0.2) is 0 Å². The fourth-order valence-corrected chi connectivity index (χ4v) is 1.13. The highest BCUT2D eigenvalue weighted by atomic mass is 15.1. The molecule has 1 nitrogen and oxygen atoms in total. The summed E-state index contributed by atoms with van der Waals surface area (Å²) in [6.45, 7) is 10.4. The maximum atomic E-state index is 2.48. The molecule has 1 heteroatoms. The minimum Gasteiger partial charge on any atom is -0.171 e. The lowest BCUT2D eigenvalue weighted by Gasteiger charge is -2.06. The lowest BCUT2D eigenvalue weighted by molar-refractivity contribution is 0.428. The first-order chi connectivity index (χ1) is 4.85. The lowest BCUT2D eigenvalue weighted by Crippen LogP contribution is -2.30. The standard InChI is InChI=1S/C9H21N/c1-4-7-8-9-10(5-2)6-3/h4-9H2,1-3H3/q+1. The largest absolute Gasteiger partial charge is 0.171 e. The predicted octanol–water partition coefficient (Wildman–Crippen LogP) is 2.36. The van der Waals surface area contributed by atoms with Crippen molar-refractivity contribution in [1.82, 2.24) is 4.90 Å². The molecule has 0 rings (SSSR count). The molecule has 61 valence electrons. The van der Waals surface area contributed by atoms with Gasteiger partial charge in [-0.1, -0.05) is 13.3 Å². The Morgan fingerprint density at radius 1 is 0.900 bits per heavy atom. The zero-order valence-corrected chi connectivity index (χ0v) is 7.69. The van der Waals surface area contributed by atoms with Gasteiger partial charge in [0.2, 0.25) is 0 Å². The van der Waals surface area contributed by atoms with Crippen molar-refractivity contribution in [3.05, 3.63) is 0 Å². The summed E-state index contributed by atoms with van der Waals surface area (Å²) in [5, 5.41) is 0. The van der Waals surface area contributed by atoms with Gasteiger partial charge in [0.1, 0.15) is 19.6 Å². The SMILES string of the molecule is CCCCC[N+](CC)CC. The van der Waals surface area contributed by atoms with Gasteiger partial charge >= 0.3 is 0 Å². The second-order valence-corrected chi connectivity index (χ2v) is 2.73. The Labute approximate surface area is 65.4 Å². The number of hydrogen-bond donors (Lipinski definition) is 0. The van der Waals surface area contributed by atoms with Crippen molar-refractivity contribution in [2.24, 2.45) is 0 Å². The summed E-state index contributed by atoms with van der Waals surface area (Å²) in [6.07, 6.45) is 4.09. The third kappa shape index (κ3) is 4.80. The maximum Gasteiger partial charge on any atom is 0.122 e. The first-order valence-corrected chi connectivity index (χ1v) is 4.57. The van der Waals surface area contributed by atoms with Crippen LogP contribution in [0.25, 0.3) is 0 Å². The predicted molar refractivity (Wildman–Crippen MR) is 47.6 cm³/mol. The van der Waals surface area contributed by atoms with Crippen molar-refractivity contribution in [3.63, 3.8) is 0 Å². The average molecular weight is 143 g/mol. The van der Waals surface area contributed by atoms with Crippen LogP contribution in [0.4, 0.5) is 0 Å². The van der Waals surface area contributed by atoms with Crippen molar-refractivity contribution in [1.29, 1.82) is 0 Å². The normalized spacial score (nSPS) is 10.8. The van der Waals surface area contributed by atoms with Crippen molar-refractivity contribution in [3.8, 4) is 0 Å². The van der Waals surface area contributed by atoms with E-state index in [4.69, 9.17) is 0 Å². The van der Waals surface area contributed by atoms with Gasteiger partial charge < -0.3 is 0 Å². The first kappa shape index (κ1) is 9.96. The van der Waals surface area contributed by atoms with Crippen LogP contribution in [0.15, 0.2) is 0 Å². The molecule has 0 atom stereocenters. The van der Waals surface area contributed by atoms with Crippen LogP contribution < -0.4 is 4.90 Å². The van der Waals surface area contributed by atoms with Crippen LogP contribution in [0.2, 0.25) is 0 Å². The van der Waals surface area contributed by atoms with E-state index in [0.29, 0.717) is 0 Å².